The molecule has 0 radical (unpaired) electrons. The van der Waals surface area contributed by atoms with Gasteiger partial charge in [0.05, 0.1) is 7.11 Å². The van der Waals surface area contributed by atoms with Crippen LogP contribution in [0.4, 0.5) is 0 Å². The van der Waals surface area contributed by atoms with E-state index >= 15 is 0 Å². The second kappa shape index (κ2) is 8.34. The highest BCUT2D eigenvalue weighted by atomic mass is 32.2. The van der Waals surface area contributed by atoms with E-state index in [1.165, 1.54) is 16.8 Å². The number of ether oxygens (including phenoxy) is 1. The van der Waals surface area contributed by atoms with E-state index in [9.17, 15) is 13.2 Å². The third-order valence-corrected chi connectivity index (χ3v) is 6.10. The lowest BCUT2D eigenvalue weighted by molar-refractivity contribution is 0.0590. The first-order chi connectivity index (χ1) is 11.5. The second-order valence-electron chi connectivity index (χ2n) is 4.95. The molecular weight excluding hydrogens is 350 g/mol. The lowest BCUT2D eigenvalue weighted by Gasteiger charge is -2.21. The number of sulfonamides is 1. The number of hydrogen-bond donors (Lipinski definition) is 1. The molecule has 1 aromatic carbocycles. The normalized spacial score (nSPS) is 11.6. The van der Waals surface area contributed by atoms with Crippen molar-refractivity contribution in [1.29, 1.82) is 0 Å². The standard InChI is InChI=1S/C15H19N3O4S2/c1-22-15(19)14-13(11-23-17-14)24(20,21)18(10-8-16)9-7-12-5-3-2-4-6-12/h2-6,11H,7-10,16H2,1H3. The fraction of sp³-hybridized carbons (Fsp3) is 0.333. The Morgan fingerprint density at radius 1 is 1.29 bits per heavy atom. The summed E-state index contributed by atoms with van der Waals surface area (Å²) in [6.45, 7) is 0.602. The molecule has 2 N–H and O–H groups in total. The summed E-state index contributed by atoms with van der Waals surface area (Å²) in [5.74, 6) is -0.773. The summed E-state index contributed by atoms with van der Waals surface area (Å²) in [5, 5.41) is 1.34. The van der Waals surface area contributed by atoms with Crippen molar-refractivity contribution in [1.82, 2.24) is 8.68 Å². The summed E-state index contributed by atoms with van der Waals surface area (Å²) in [5.41, 5.74) is 6.39. The van der Waals surface area contributed by atoms with E-state index in [0.717, 1.165) is 17.1 Å². The molecule has 0 atom stereocenters. The molecular formula is C15H19N3O4S2. The van der Waals surface area contributed by atoms with Crippen LogP contribution in [0.15, 0.2) is 40.6 Å². The molecule has 0 fully saturated rings. The number of methoxy groups -OCH3 is 1. The van der Waals surface area contributed by atoms with Crippen LogP contribution in [0, 0.1) is 0 Å². The third kappa shape index (κ3) is 4.18. The van der Waals surface area contributed by atoms with Crippen LogP contribution in [0.3, 0.4) is 0 Å². The van der Waals surface area contributed by atoms with Crippen LogP contribution >= 0.6 is 11.5 Å². The molecule has 7 nitrogen and oxygen atoms in total. The lowest BCUT2D eigenvalue weighted by atomic mass is 10.1. The molecule has 9 heteroatoms. The zero-order valence-corrected chi connectivity index (χ0v) is 14.8. The number of carbonyl (C=O) groups excluding carboxylic acids is 1. The number of nitrogens with two attached hydrogens (primary N) is 1. The van der Waals surface area contributed by atoms with Crippen LogP contribution in [0.1, 0.15) is 16.1 Å². The summed E-state index contributed by atoms with van der Waals surface area (Å²) in [6.07, 6.45) is 0.547. The summed E-state index contributed by atoms with van der Waals surface area (Å²) in [6, 6.07) is 9.56. The zero-order chi connectivity index (χ0) is 17.6. The van der Waals surface area contributed by atoms with Gasteiger partial charge >= 0.3 is 5.97 Å². The minimum Gasteiger partial charge on any atom is -0.464 e. The van der Waals surface area contributed by atoms with E-state index in [0.29, 0.717) is 6.42 Å². The first-order valence-corrected chi connectivity index (χ1v) is 9.55. The molecule has 0 unspecified atom stereocenters. The van der Waals surface area contributed by atoms with Gasteiger partial charge in [0.1, 0.15) is 4.90 Å². The highest BCUT2D eigenvalue weighted by Crippen LogP contribution is 2.22. The molecule has 130 valence electrons. The average Bonchev–Trinajstić information content (AvgIpc) is 3.09. The van der Waals surface area contributed by atoms with Gasteiger partial charge in [-0.3, -0.25) is 0 Å². The van der Waals surface area contributed by atoms with E-state index in [1.807, 2.05) is 30.3 Å². The largest absolute Gasteiger partial charge is 0.464 e. The number of aromatic nitrogens is 1. The predicted octanol–water partition coefficient (Wildman–Crippen LogP) is 1.12. The molecule has 2 rings (SSSR count). The van der Waals surface area contributed by atoms with E-state index in [1.54, 1.807) is 0 Å². The van der Waals surface area contributed by atoms with Crippen molar-refractivity contribution in [3.8, 4) is 0 Å². The van der Waals surface area contributed by atoms with Gasteiger partial charge in [0.25, 0.3) is 0 Å². The van der Waals surface area contributed by atoms with Crippen molar-refractivity contribution >= 4 is 27.5 Å². The van der Waals surface area contributed by atoms with Crippen molar-refractivity contribution < 1.29 is 17.9 Å². The van der Waals surface area contributed by atoms with Gasteiger partial charge in [0.15, 0.2) is 5.69 Å². The molecule has 0 aliphatic rings. The second-order valence-corrected chi connectivity index (χ2v) is 7.48. The van der Waals surface area contributed by atoms with Crippen LogP contribution in [0.2, 0.25) is 0 Å². The van der Waals surface area contributed by atoms with Crippen molar-refractivity contribution in [3.05, 3.63) is 47.0 Å². The number of esters is 1. The Balaban J connectivity index is 2.25. The molecule has 2 aromatic rings. The summed E-state index contributed by atoms with van der Waals surface area (Å²) < 4.78 is 35.5. The van der Waals surface area contributed by atoms with E-state index in [-0.39, 0.29) is 30.2 Å². The topological polar surface area (TPSA) is 103 Å². The van der Waals surface area contributed by atoms with Crippen LogP contribution in [-0.2, 0) is 21.2 Å². The van der Waals surface area contributed by atoms with Crippen LogP contribution in [0.5, 0.6) is 0 Å². The molecule has 0 aliphatic heterocycles. The Morgan fingerprint density at radius 3 is 2.62 bits per heavy atom. The summed E-state index contributed by atoms with van der Waals surface area (Å²) in [7, 11) is -2.69. The Hall–Kier alpha value is -1.81. The number of carbonyl (C=O) groups is 1. The monoisotopic (exact) mass is 369 g/mol. The van der Waals surface area contributed by atoms with Crippen LogP contribution in [-0.4, -0.2) is 49.8 Å². The molecule has 1 aromatic heterocycles. The molecule has 0 spiro atoms. The van der Waals surface area contributed by atoms with Crippen LogP contribution < -0.4 is 5.73 Å². The summed E-state index contributed by atoms with van der Waals surface area (Å²) >= 11 is 0.899. The molecule has 0 saturated heterocycles. The van der Waals surface area contributed by atoms with Gasteiger partial charge in [-0.1, -0.05) is 30.3 Å². The smallest absolute Gasteiger partial charge is 0.359 e. The van der Waals surface area contributed by atoms with E-state index in [2.05, 4.69) is 9.11 Å². The first kappa shape index (κ1) is 18.5. The van der Waals surface area contributed by atoms with Gasteiger partial charge in [-0.05, 0) is 23.5 Å². The maximum Gasteiger partial charge on any atom is 0.359 e. The third-order valence-electron chi connectivity index (χ3n) is 3.40. The molecule has 0 saturated carbocycles. The fourth-order valence-corrected chi connectivity index (χ4v) is 4.72. The fourth-order valence-electron chi connectivity index (χ4n) is 2.18. The van der Waals surface area contributed by atoms with Gasteiger partial charge in [0.2, 0.25) is 10.0 Å². The Kier molecular flexibility index (Phi) is 6.44. The Bertz CT molecular complexity index is 775. The summed E-state index contributed by atoms with van der Waals surface area (Å²) in [4.78, 5) is 11.6. The zero-order valence-electron chi connectivity index (χ0n) is 13.2. The molecule has 0 bridgehead atoms. The number of rotatable bonds is 8. The van der Waals surface area contributed by atoms with Gasteiger partial charge in [0, 0.05) is 25.0 Å². The first-order valence-electron chi connectivity index (χ1n) is 7.27. The van der Waals surface area contributed by atoms with E-state index in [4.69, 9.17) is 5.73 Å². The quantitative estimate of drug-likeness (QED) is 0.700. The highest BCUT2D eigenvalue weighted by Gasteiger charge is 2.31. The van der Waals surface area contributed by atoms with Gasteiger partial charge in [-0.2, -0.15) is 8.68 Å². The highest BCUT2D eigenvalue weighted by molar-refractivity contribution is 7.89. The van der Waals surface area contributed by atoms with Crippen molar-refractivity contribution in [2.45, 2.75) is 11.3 Å². The lowest BCUT2D eigenvalue weighted by Crippen LogP contribution is -2.37. The van der Waals surface area contributed by atoms with Gasteiger partial charge < -0.3 is 10.5 Å². The van der Waals surface area contributed by atoms with Crippen molar-refractivity contribution in [2.24, 2.45) is 5.73 Å². The SMILES string of the molecule is COC(=O)c1nscc1S(=O)(=O)N(CCN)CCc1ccccc1. The maximum absolute atomic E-state index is 12.9. The Labute approximate surface area is 145 Å². The number of benzene rings is 1. The van der Waals surface area contributed by atoms with Crippen LogP contribution in [0.25, 0.3) is 0 Å². The average molecular weight is 369 g/mol. The molecule has 1 heterocycles. The number of nitrogens with zero attached hydrogens (tertiary/aromatic N) is 2. The minimum absolute atomic E-state index is 0.138. The van der Waals surface area contributed by atoms with Gasteiger partial charge in [-0.15, -0.1) is 0 Å². The predicted molar refractivity (Wildman–Crippen MR) is 91.4 cm³/mol. The molecule has 24 heavy (non-hydrogen) atoms. The Morgan fingerprint density at radius 2 is 2.00 bits per heavy atom. The minimum atomic E-state index is -3.88. The van der Waals surface area contributed by atoms with Crippen molar-refractivity contribution in [3.63, 3.8) is 0 Å². The van der Waals surface area contributed by atoms with Crippen molar-refractivity contribution in [2.75, 3.05) is 26.7 Å². The molecule has 0 aliphatic carbocycles. The maximum atomic E-state index is 12.9. The van der Waals surface area contributed by atoms with E-state index < -0.39 is 16.0 Å². The van der Waals surface area contributed by atoms with Gasteiger partial charge in [-0.25, -0.2) is 13.2 Å². The molecule has 0 amide bonds. The number of hydrogen-bond acceptors (Lipinski definition) is 7.